The van der Waals surface area contributed by atoms with Gasteiger partial charge in [0.1, 0.15) is 68.6 Å². The van der Waals surface area contributed by atoms with Crippen LogP contribution in [0, 0.1) is 0 Å². The summed E-state index contributed by atoms with van der Waals surface area (Å²) in [6.45, 7) is 0. The van der Waals surface area contributed by atoms with Crippen molar-refractivity contribution in [1.29, 1.82) is 0 Å². The lowest BCUT2D eigenvalue weighted by Crippen LogP contribution is -1.96. The van der Waals surface area contributed by atoms with Gasteiger partial charge in [-0.1, -0.05) is 95.6 Å². The van der Waals surface area contributed by atoms with E-state index in [4.69, 9.17) is 48.9 Å². The van der Waals surface area contributed by atoms with Gasteiger partial charge in [-0.05, 0) is 97.1 Å². The molecule has 0 fully saturated rings. The van der Waals surface area contributed by atoms with Gasteiger partial charge < -0.3 is 28.9 Å². The highest BCUT2D eigenvalue weighted by atomic mass is 32.2. The van der Waals surface area contributed by atoms with Crippen LogP contribution < -0.4 is 18.9 Å². The largest absolute Gasteiger partial charge is 0.455 e. The summed E-state index contributed by atoms with van der Waals surface area (Å²) < 4.78 is 26.3. The molecule has 11 aromatic rings. The number of nitrogens with zero attached hydrogens (tertiary/aromatic N) is 6. The molecule has 72 heavy (non-hydrogen) atoms. The summed E-state index contributed by atoms with van der Waals surface area (Å²) in [5, 5.41) is 3.28. The number of rotatable bonds is 0. The highest BCUT2D eigenvalue weighted by molar-refractivity contribution is 8.00. The molecule has 2 N–H and O–H groups in total. The molecule has 8 bridgehead atoms. The van der Waals surface area contributed by atoms with Crippen LogP contribution in [0.3, 0.4) is 0 Å². The number of aromatic nitrogens is 8. The lowest BCUT2D eigenvalue weighted by molar-refractivity contribution is 0.454. The Morgan fingerprint density at radius 2 is 0.542 bits per heavy atom. The quantitative estimate of drug-likeness (QED) is 0.149. The van der Waals surface area contributed by atoms with Crippen LogP contribution in [0.5, 0.6) is 46.0 Å². The first-order valence-electron chi connectivity index (χ1n) is 22.9. The van der Waals surface area contributed by atoms with Crippen molar-refractivity contribution >= 4 is 91.2 Å². The van der Waals surface area contributed by atoms with Crippen LogP contribution in [0.25, 0.3) is 89.7 Å². The van der Waals surface area contributed by atoms with E-state index in [-0.39, 0.29) is 0 Å². The Morgan fingerprint density at radius 1 is 0.264 bits per heavy atom. The van der Waals surface area contributed by atoms with Gasteiger partial charge in [0, 0.05) is 43.8 Å². The molecule has 17 rings (SSSR count). The van der Waals surface area contributed by atoms with Crippen molar-refractivity contribution in [2.75, 3.05) is 0 Å². The molecule has 9 heterocycles. The third kappa shape index (κ3) is 5.94. The van der Waals surface area contributed by atoms with Crippen molar-refractivity contribution in [1.82, 2.24) is 39.9 Å². The SMILES string of the molecule is c1ccc2c(c1)Oc1cc3c(cc1S2)-c1nc-3nc2[nH]c(nc3nc(nc4[nH]c(n1)c1cc5c(cc41)Sc1ccccc1O5)-c1cc4c(cc1-3)Sc1ccccc1O4)c1cc3c(cc21)Sc1ccccc1O3. The number of aromatic amines is 2. The van der Waals surface area contributed by atoms with E-state index in [0.717, 1.165) is 117 Å². The second-order valence-corrected chi connectivity index (χ2v) is 21.9. The van der Waals surface area contributed by atoms with Gasteiger partial charge in [0.2, 0.25) is 0 Å². The maximum absolute atomic E-state index is 6.57. The number of H-pyrrole nitrogens is 2. The molecule has 0 spiro atoms. The molecule has 0 amide bonds. The first-order chi connectivity index (χ1) is 35.5. The summed E-state index contributed by atoms with van der Waals surface area (Å²) in [5.74, 6) is 7.94. The van der Waals surface area contributed by atoms with Crippen LogP contribution in [0.1, 0.15) is 0 Å². The van der Waals surface area contributed by atoms with Gasteiger partial charge in [0.05, 0.1) is 39.2 Å². The van der Waals surface area contributed by atoms with Crippen molar-refractivity contribution < 1.29 is 18.9 Å². The first kappa shape index (κ1) is 39.4. The molecule has 0 saturated heterocycles. The van der Waals surface area contributed by atoms with Crippen LogP contribution in [0.15, 0.2) is 185 Å². The van der Waals surface area contributed by atoms with Crippen LogP contribution in [0.4, 0.5) is 0 Å². The van der Waals surface area contributed by atoms with Crippen molar-refractivity contribution in [3.8, 4) is 91.5 Å². The Bertz CT molecular complexity index is 3960. The van der Waals surface area contributed by atoms with Gasteiger partial charge in [-0.15, -0.1) is 0 Å². The molecule has 6 aliphatic rings. The van der Waals surface area contributed by atoms with E-state index in [2.05, 4.69) is 58.5 Å². The Labute approximate surface area is 423 Å². The number of benzene rings is 8. The van der Waals surface area contributed by atoms with Gasteiger partial charge in [-0.2, -0.15) is 0 Å². The fourth-order valence-electron chi connectivity index (χ4n) is 9.88. The standard InChI is InChI=1S/C56H26N8O4S4/c1-5-13-41-33(9-1)65-37-17-25-29(21-45(37)69-41)53-57-49(25)61-54-30-22-46-38(66-34-10-2-6-14-42(34)70-46)18-26(30)51(58-54)63-56-32-24-48-40(68-36-12-4-8-16-44(36)72-48)20-28(32)52(60-56)64-55-31-23-47-39(19-27(31)50(59-55)62-53)67-35-11-3-7-15-43(35)71-47/h1-24H,(H2,57,58,59,60,61,62,63,64). The topological polar surface area (TPSA) is 146 Å². The predicted molar refractivity (Wildman–Crippen MR) is 279 cm³/mol. The minimum Gasteiger partial charge on any atom is -0.455 e. The van der Waals surface area contributed by atoms with E-state index >= 15 is 0 Å². The molecule has 0 aliphatic carbocycles. The van der Waals surface area contributed by atoms with Crippen molar-refractivity contribution in [2.45, 2.75) is 39.2 Å². The Morgan fingerprint density at radius 3 is 0.889 bits per heavy atom. The zero-order valence-corrected chi connectivity index (χ0v) is 40.1. The molecule has 16 heteroatoms. The van der Waals surface area contributed by atoms with Gasteiger partial charge in [-0.25, -0.2) is 29.9 Å². The lowest BCUT2D eigenvalue weighted by atomic mass is 10.1. The van der Waals surface area contributed by atoms with Gasteiger partial charge in [-0.3, -0.25) is 0 Å². The second kappa shape index (κ2) is 14.6. The van der Waals surface area contributed by atoms with Crippen LogP contribution >= 0.6 is 47.0 Å². The van der Waals surface area contributed by atoms with Crippen molar-refractivity contribution in [3.63, 3.8) is 0 Å². The van der Waals surface area contributed by atoms with E-state index in [1.54, 1.807) is 47.0 Å². The Kier molecular flexibility index (Phi) is 8.02. The third-order valence-electron chi connectivity index (χ3n) is 13.2. The predicted octanol–water partition coefficient (Wildman–Crippen LogP) is 15.9. The monoisotopic (exact) mass is 1000 g/mol. The maximum atomic E-state index is 6.57. The molecule has 0 atom stereocenters. The highest BCUT2D eigenvalue weighted by Gasteiger charge is 2.30. The summed E-state index contributed by atoms with van der Waals surface area (Å²) in [6, 6.07) is 48.8. The van der Waals surface area contributed by atoms with Gasteiger partial charge in [0.25, 0.3) is 0 Å². The van der Waals surface area contributed by atoms with E-state index in [0.29, 0.717) is 57.4 Å². The number of nitrogens with one attached hydrogen (secondary N) is 2. The molecular formula is C56H26N8O4S4. The molecule has 0 radical (unpaired) electrons. The highest BCUT2D eigenvalue weighted by Crippen LogP contribution is 2.55. The molecule has 0 unspecified atom stereocenters. The van der Waals surface area contributed by atoms with E-state index in [9.17, 15) is 0 Å². The third-order valence-corrected chi connectivity index (χ3v) is 17.6. The molecule has 338 valence electrons. The first-order valence-corrected chi connectivity index (χ1v) is 26.1. The van der Waals surface area contributed by atoms with Gasteiger partial charge in [0.15, 0.2) is 23.3 Å². The minimum absolute atomic E-state index is 0.463. The van der Waals surface area contributed by atoms with E-state index in [1.165, 1.54) is 0 Å². The minimum atomic E-state index is 0.463. The number of ether oxygens (including phenoxy) is 4. The summed E-state index contributed by atoms with van der Waals surface area (Å²) in [6.07, 6.45) is 0. The Hall–Kier alpha value is -8.28. The van der Waals surface area contributed by atoms with Crippen LogP contribution in [-0.4, -0.2) is 39.9 Å². The average molecular weight is 1000 g/mol. The number of fused-ring (bicyclic) bond motifs is 28. The zero-order valence-electron chi connectivity index (χ0n) is 36.8. The Balaban J connectivity index is 0.974. The summed E-state index contributed by atoms with van der Waals surface area (Å²) in [5.41, 5.74) is 5.40. The second-order valence-electron chi connectivity index (χ2n) is 17.6. The zero-order chi connectivity index (χ0) is 46.8. The number of para-hydroxylation sites is 4. The van der Waals surface area contributed by atoms with Crippen molar-refractivity contribution in [2.24, 2.45) is 0 Å². The number of hydrogen-bond acceptors (Lipinski definition) is 14. The van der Waals surface area contributed by atoms with E-state index < -0.39 is 0 Å². The molecule has 8 aromatic carbocycles. The van der Waals surface area contributed by atoms with Gasteiger partial charge >= 0.3 is 0 Å². The fourth-order valence-corrected chi connectivity index (χ4v) is 13.8. The summed E-state index contributed by atoms with van der Waals surface area (Å²) in [4.78, 5) is 47.3. The van der Waals surface area contributed by atoms with E-state index in [1.807, 2.05) is 97.1 Å². The molecular weight excluding hydrogens is 977 g/mol. The van der Waals surface area contributed by atoms with Crippen LogP contribution in [0.2, 0.25) is 0 Å². The summed E-state index contributed by atoms with van der Waals surface area (Å²) in [7, 11) is 0. The normalized spacial score (nSPS) is 13.8. The number of hydrogen-bond donors (Lipinski definition) is 2. The molecule has 12 nitrogen and oxygen atoms in total. The van der Waals surface area contributed by atoms with Crippen molar-refractivity contribution in [3.05, 3.63) is 146 Å². The van der Waals surface area contributed by atoms with Crippen LogP contribution in [-0.2, 0) is 0 Å². The molecule has 3 aromatic heterocycles. The molecule has 6 aliphatic heterocycles. The summed E-state index contributed by atoms with van der Waals surface area (Å²) >= 11 is 6.62. The average Bonchev–Trinajstić information content (AvgIpc) is 4.12. The maximum Gasteiger partial charge on any atom is 0.164 e. The smallest absolute Gasteiger partial charge is 0.164 e. The molecule has 0 saturated carbocycles. The fraction of sp³-hybridized carbons (Fsp3) is 0. The lowest BCUT2D eigenvalue weighted by Gasteiger charge is -2.20.